The van der Waals surface area contributed by atoms with Gasteiger partial charge in [0.1, 0.15) is 0 Å². The van der Waals surface area contributed by atoms with Crippen LogP contribution in [-0.4, -0.2) is 35.5 Å². The standard InChI is InChI=1S/C16H22N2O2.ClH/c17-16(8-9-16)15(19)18-10-6-14(7-11-18)20-12-13-4-2-1-3-5-13;/h1-5,14H,6-12,17H2;1H. The number of hydrogen-bond acceptors (Lipinski definition) is 3. The van der Waals surface area contributed by atoms with Crippen LogP contribution >= 0.6 is 12.4 Å². The summed E-state index contributed by atoms with van der Waals surface area (Å²) in [5, 5.41) is 0. The van der Waals surface area contributed by atoms with Gasteiger partial charge in [-0.2, -0.15) is 0 Å². The zero-order chi connectivity index (χ0) is 14.0. The van der Waals surface area contributed by atoms with Gasteiger partial charge in [-0.1, -0.05) is 30.3 Å². The van der Waals surface area contributed by atoms with Gasteiger partial charge in [0.15, 0.2) is 0 Å². The first kappa shape index (κ1) is 16.3. The van der Waals surface area contributed by atoms with Gasteiger partial charge >= 0.3 is 0 Å². The molecule has 2 fully saturated rings. The number of nitrogens with zero attached hydrogens (tertiary/aromatic N) is 1. The van der Waals surface area contributed by atoms with Crippen LogP contribution in [0.5, 0.6) is 0 Å². The van der Waals surface area contributed by atoms with Crippen LogP contribution in [0.15, 0.2) is 30.3 Å². The van der Waals surface area contributed by atoms with Crippen molar-refractivity contribution in [2.75, 3.05) is 13.1 Å². The molecule has 2 aliphatic rings. The third kappa shape index (κ3) is 3.96. The SMILES string of the molecule is Cl.NC1(C(=O)N2CCC(OCc3ccccc3)CC2)CC1. The Balaban J connectivity index is 0.00000161. The monoisotopic (exact) mass is 310 g/mol. The number of nitrogens with two attached hydrogens (primary N) is 1. The molecule has 116 valence electrons. The summed E-state index contributed by atoms with van der Waals surface area (Å²) < 4.78 is 5.93. The largest absolute Gasteiger partial charge is 0.373 e. The number of benzene rings is 1. The third-order valence-electron chi connectivity index (χ3n) is 4.27. The van der Waals surface area contributed by atoms with Crippen molar-refractivity contribution < 1.29 is 9.53 Å². The molecule has 0 aromatic heterocycles. The first-order valence-electron chi connectivity index (χ1n) is 7.41. The smallest absolute Gasteiger partial charge is 0.242 e. The van der Waals surface area contributed by atoms with E-state index in [0.717, 1.165) is 38.8 Å². The number of carbonyl (C=O) groups excluding carboxylic acids is 1. The molecule has 3 rings (SSSR count). The van der Waals surface area contributed by atoms with Crippen molar-refractivity contribution >= 4 is 18.3 Å². The second kappa shape index (κ2) is 6.77. The molecule has 1 amide bonds. The third-order valence-corrected chi connectivity index (χ3v) is 4.27. The zero-order valence-corrected chi connectivity index (χ0v) is 13.0. The Morgan fingerprint density at radius 3 is 2.43 bits per heavy atom. The van der Waals surface area contributed by atoms with Gasteiger partial charge in [-0.15, -0.1) is 12.4 Å². The van der Waals surface area contributed by atoms with Crippen molar-refractivity contribution in [2.24, 2.45) is 5.73 Å². The van der Waals surface area contributed by atoms with Crippen LogP contribution in [0.1, 0.15) is 31.2 Å². The van der Waals surface area contributed by atoms with E-state index in [1.165, 1.54) is 5.56 Å². The van der Waals surface area contributed by atoms with Gasteiger partial charge in [-0.05, 0) is 31.2 Å². The fourth-order valence-electron chi connectivity index (χ4n) is 2.68. The Bertz CT molecular complexity index is 468. The molecule has 1 saturated heterocycles. The van der Waals surface area contributed by atoms with E-state index in [1.54, 1.807) is 0 Å². The van der Waals surface area contributed by atoms with Crippen LogP contribution in [0.2, 0.25) is 0 Å². The Morgan fingerprint density at radius 2 is 1.86 bits per heavy atom. The number of carbonyl (C=O) groups is 1. The summed E-state index contributed by atoms with van der Waals surface area (Å²) in [6.45, 7) is 2.20. The molecular weight excluding hydrogens is 288 g/mol. The zero-order valence-electron chi connectivity index (χ0n) is 12.2. The molecule has 2 N–H and O–H groups in total. The number of piperidine rings is 1. The fraction of sp³-hybridized carbons (Fsp3) is 0.562. The van der Waals surface area contributed by atoms with Gasteiger partial charge in [0, 0.05) is 13.1 Å². The highest BCUT2D eigenvalue weighted by molar-refractivity contribution is 5.89. The molecular formula is C16H23ClN2O2. The first-order valence-corrected chi connectivity index (χ1v) is 7.41. The van der Waals surface area contributed by atoms with Crippen molar-refractivity contribution in [3.8, 4) is 0 Å². The minimum atomic E-state index is -0.530. The lowest BCUT2D eigenvalue weighted by atomic mass is 10.1. The average molecular weight is 311 g/mol. The Morgan fingerprint density at radius 1 is 1.24 bits per heavy atom. The lowest BCUT2D eigenvalue weighted by Crippen LogP contribution is -2.49. The molecule has 1 saturated carbocycles. The van der Waals surface area contributed by atoms with Crippen molar-refractivity contribution in [3.63, 3.8) is 0 Å². The fourth-order valence-corrected chi connectivity index (χ4v) is 2.68. The van der Waals surface area contributed by atoms with Crippen LogP contribution in [-0.2, 0) is 16.1 Å². The Kier molecular flexibility index (Phi) is 5.25. The molecule has 0 spiro atoms. The van der Waals surface area contributed by atoms with Crippen LogP contribution in [0.4, 0.5) is 0 Å². The summed E-state index contributed by atoms with van der Waals surface area (Å²) in [7, 11) is 0. The van der Waals surface area contributed by atoms with Gasteiger partial charge in [-0.25, -0.2) is 0 Å². The lowest BCUT2D eigenvalue weighted by molar-refractivity contribution is -0.136. The minimum Gasteiger partial charge on any atom is -0.373 e. The molecule has 4 nitrogen and oxygen atoms in total. The number of halogens is 1. The average Bonchev–Trinajstić information content (AvgIpc) is 3.25. The highest BCUT2D eigenvalue weighted by atomic mass is 35.5. The molecule has 0 unspecified atom stereocenters. The van der Waals surface area contributed by atoms with E-state index in [1.807, 2.05) is 23.1 Å². The Labute approximate surface area is 132 Å². The molecule has 1 aromatic rings. The highest BCUT2D eigenvalue weighted by Crippen LogP contribution is 2.35. The van der Waals surface area contributed by atoms with Gasteiger partial charge in [0.2, 0.25) is 5.91 Å². The number of amides is 1. The summed E-state index contributed by atoms with van der Waals surface area (Å²) in [5.41, 5.74) is 6.64. The molecule has 0 radical (unpaired) electrons. The number of rotatable bonds is 4. The maximum Gasteiger partial charge on any atom is 0.242 e. The number of likely N-dealkylation sites (tertiary alicyclic amines) is 1. The molecule has 21 heavy (non-hydrogen) atoms. The van der Waals surface area contributed by atoms with E-state index in [9.17, 15) is 4.79 Å². The molecule has 0 atom stereocenters. The second-order valence-corrected chi connectivity index (χ2v) is 5.94. The van der Waals surface area contributed by atoms with Crippen LogP contribution < -0.4 is 5.73 Å². The van der Waals surface area contributed by atoms with Crippen molar-refractivity contribution in [2.45, 2.75) is 43.9 Å². The summed E-state index contributed by atoms with van der Waals surface area (Å²) in [6, 6.07) is 10.2. The molecule has 0 bridgehead atoms. The van der Waals surface area contributed by atoms with Crippen LogP contribution in [0, 0.1) is 0 Å². The van der Waals surface area contributed by atoms with Crippen LogP contribution in [0.25, 0.3) is 0 Å². The van der Waals surface area contributed by atoms with E-state index in [4.69, 9.17) is 10.5 Å². The van der Waals surface area contributed by atoms with Crippen molar-refractivity contribution in [1.29, 1.82) is 0 Å². The van der Waals surface area contributed by atoms with E-state index in [0.29, 0.717) is 6.61 Å². The van der Waals surface area contributed by atoms with Gasteiger partial charge < -0.3 is 15.4 Å². The molecule has 1 aromatic carbocycles. The first-order chi connectivity index (χ1) is 9.67. The summed E-state index contributed by atoms with van der Waals surface area (Å²) >= 11 is 0. The van der Waals surface area contributed by atoms with Gasteiger partial charge in [-0.3, -0.25) is 4.79 Å². The normalized spacial score (nSPS) is 20.7. The van der Waals surface area contributed by atoms with Crippen molar-refractivity contribution in [3.05, 3.63) is 35.9 Å². The molecule has 1 aliphatic heterocycles. The predicted molar refractivity (Wildman–Crippen MR) is 84.2 cm³/mol. The van der Waals surface area contributed by atoms with E-state index >= 15 is 0 Å². The van der Waals surface area contributed by atoms with Gasteiger partial charge in [0.25, 0.3) is 0 Å². The highest BCUT2D eigenvalue weighted by Gasteiger charge is 2.48. The minimum absolute atomic E-state index is 0. The van der Waals surface area contributed by atoms with Gasteiger partial charge in [0.05, 0.1) is 18.2 Å². The maximum absolute atomic E-state index is 12.1. The van der Waals surface area contributed by atoms with Crippen molar-refractivity contribution in [1.82, 2.24) is 4.90 Å². The van der Waals surface area contributed by atoms with Crippen LogP contribution in [0.3, 0.4) is 0 Å². The predicted octanol–water partition coefficient (Wildman–Crippen LogP) is 2.11. The topological polar surface area (TPSA) is 55.6 Å². The van der Waals surface area contributed by atoms with E-state index in [-0.39, 0.29) is 24.4 Å². The summed E-state index contributed by atoms with van der Waals surface area (Å²) in [6.07, 6.45) is 3.77. The molecule has 5 heteroatoms. The quantitative estimate of drug-likeness (QED) is 0.926. The van der Waals surface area contributed by atoms with E-state index < -0.39 is 5.54 Å². The number of hydrogen-bond donors (Lipinski definition) is 1. The maximum atomic E-state index is 12.1. The lowest BCUT2D eigenvalue weighted by Gasteiger charge is -2.33. The molecule has 1 heterocycles. The number of ether oxygens (including phenoxy) is 1. The second-order valence-electron chi connectivity index (χ2n) is 5.94. The summed E-state index contributed by atoms with van der Waals surface area (Å²) in [4.78, 5) is 14.0. The Hall–Kier alpha value is -1.10. The molecule has 1 aliphatic carbocycles. The van der Waals surface area contributed by atoms with E-state index in [2.05, 4.69) is 12.1 Å². The summed E-state index contributed by atoms with van der Waals surface area (Å²) in [5.74, 6) is 0.138.